The largest absolute Gasteiger partial charge is 0.477 e. The van der Waals surface area contributed by atoms with E-state index in [-0.39, 0.29) is 38.9 Å². The van der Waals surface area contributed by atoms with E-state index in [0.717, 1.165) is 28.0 Å². The summed E-state index contributed by atoms with van der Waals surface area (Å²) in [4.78, 5) is 59.4. The van der Waals surface area contributed by atoms with E-state index in [1.54, 1.807) is 6.07 Å². The van der Waals surface area contributed by atoms with Gasteiger partial charge in [0.2, 0.25) is 0 Å². The van der Waals surface area contributed by atoms with Crippen LogP contribution in [0.4, 0.5) is 5.13 Å². The number of aromatic nitrogens is 1. The van der Waals surface area contributed by atoms with Gasteiger partial charge in [-0.25, -0.2) is 9.78 Å². The molecule has 2 aromatic rings. The van der Waals surface area contributed by atoms with E-state index in [2.05, 4.69) is 20.3 Å². The van der Waals surface area contributed by atoms with Crippen LogP contribution < -0.4 is 11.1 Å². The lowest BCUT2D eigenvalue weighted by Gasteiger charge is -2.49. The number of carboxylic acid groups (broad SMARTS) is 1. The van der Waals surface area contributed by atoms with Crippen LogP contribution in [0.3, 0.4) is 0 Å². The lowest BCUT2D eigenvalue weighted by atomic mass is 10.0. The monoisotopic (exact) mass is 526 g/mol. The molecular formula is C19H17N5O7S3. The van der Waals surface area contributed by atoms with Gasteiger partial charge in [0.25, 0.3) is 16.9 Å². The minimum atomic E-state index is -2.94. The molecule has 2 aliphatic heterocycles. The van der Waals surface area contributed by atoms with Crippen LogP contribution in [0.2, 0.25) is 0 Å². The number of carbonyl (C=O) groups is 4. The first-order valence-electron chi connectivity index (χ1n) is 10.9. The summed E-state index contributed by atoms with van der Waals surface area (Å²) < 4.78 is 26.4. The number of carboxylic acids is 1. The predicted molar refractivity (Wildman–Crippen MR) is 125 cm³/mol. The molecule has 2 atom stereocenters. The number of fused-ring (bicyclic) bond motifs is 1. The molecule has 0 radical (unpaired) electrons. The number of hydrogen-bond acceptors (Lipinski definition) is 12. The predicted octanol–water partition coefficient (Wildman–Crippen LogP) is 0.981. The zero-order valence-corrected chi connectivity index (χ0v) is 19.4. The van der Waals surface area contributed by atoms with Gasteiger partial charge in [-0.3, -0.25) is 19.3 Å². The number of furan rings is 1. The minimum Gasteiger partial charge on any atom is -0.477 e. The van der Waals surface area contributed by atoms with Crippen molar-refractivity contribution in [3.63, 3.8) is 0 Å². The van der Waals surface area contributed by atoms with Crippen LogP contribution in [0.1, 0.15) is 20.4 Å². The zero-order valence-electron chi connectivity index (χ0n) is 19.9. The molecule has 0 aliphatic carbocycles. The van der Waals surface area contributed by atoms with Gasteiger partial charge in [-0.2, -0.15) is 0 Å². The second-order valence-corrected chi connectivity index (χ2v) is 9.72. The van der Waals surface area contributed by atoms with Crippen LogP contribution in [-0.2, 0) is 19.2 Å². The second-order valence-electron chi connectivity index (χ2n) is 6.77. The molecule has 4 rings (SSSR count). The standard InChI is InChI=1S/C19H17N5O7S3/c1-30-23-11(9-7-34-19(20)21-9)14(25)22-12-15(26)24-13(17(27)28)8(5-32-16(12)24)6-33-18(29)10-3-2-4-31-10/h2-4,7,12,16H,5-6H2,1H3,(H2,20,21)(H,22,25)(H,27,28)/b23-11-/t12-,16-/m0/s1/i1D3. The van der Waals surface area contributed by atoms with Crippen LogP contribution in [0.5, 0.6) is 0 Å². The Morgan fingerprint density at radius 1 is 1.53 bits per heavy atom. The van der Waals surface area contributed by atoms with Crippen molar-refractivity contribution in [1.82, 2.24) is 15.2 Å². The second kappa shape index (κ2) is 9.90. The van der Waals surface area contributed by atoms with E-state index in [9.17, 15) is 24.3 Å². The summed E-state index contributed by atoms with van der Waals surface area (Å²) in [7, 11) is -2.94. The molecule has 2 amide bonds. The molecular weight excluding hydrogens is 506 g/mol. The summed E-state index contributed by atoms with van der Waals surface area (Å²) in [5.74, 6) is -2.68. The third-order valence-corrected chi connectivity index (χ3v) is 7.72. The van der Waals surface area contributed by atoms with Crippen molar-refractivity contribution in [3.8, 4) is 0 Å². The van der Waals surface area contributed by atoms with Crippen molar-refractivity contribution in [3.05, 3.63) is 46.5 Å². The number of nitrogens with zero attached hydrogens (tertiary/aromatic N) is 3. The SMILES string of the molecule is [2H]C([2H])([2H])O/N=C(\C(=O)N[C@H]1C(=O)N2C(C(=O)O)=C(CSC(=O)c3ccco3)CS[C@@H]12)c1csc(N)n1. The number of thioether (sulfide) groups is 2. The molecule has 178 valence electrons. The molecule has 0 aromatic carbocycles. The maximum atomic E-state index is 12.9. The lowest BCUT2D eigenvalue weighted by molar-refractivity contribution is -0.150. The number of nitrogens with one attached hydrogen (secondary N) is 1. The van der Waals surface area contributed by atoms with Gasteiger partial charge >= 0.3 is 5.97 Å². The molecule has 1 saturated heterocycles. The maximum absolute atomic E-state index is 12.9. The number of amides is 2. The highest BCUT2D eigenvalue weighted by Gasteiger charge is 2.54. The number of anilines is 1. The van der Waals surface area contributed by atoms with Crippen molar-refractivity contribution in [2.24, 2.45) is 5.16 Å². The fourth-order valence-electron chi connectivity index (χ4n) is 3.27. The third kappa shape index (κ3) is 4.53. The molecule has 0 saturated carbocycles. The number of thiazole rings is 1. The highest BCUT2D eigenvalue weighted by atomic mass is 32.2. The van der Waals surface area contributed by atoms with Crippen molar-refractivity contribution < 1.29 is 37.7 Å². The van der Waals surface area contributed by atoms with Gasteiger partial charge in [-0.15, -0.1) is 23.1 Å². The number of carbonyl (C=O) groups excluding carboxylic acids is 3. The summed E-state index contributed by atoms with van der Waals surface area (Å²) in [6.07, 6.45) is 1.35. The van der Waals surface area contributed by atoms with Gasteiger partial charge in [-0.05, 0) is 17.7 Å². The molecule has 12 nitrogen and oxygen atoms in total. The van der Waals surface area contributed by atoms with E-state index < -0.39 is 41.9 Å². The van der Waals surface area contributed by atoms with Crippen molar-refractivity contribution in [2.45, 2.75) is 11.4 Å². The Morgan fingerprint density at radius 3 is 3.00 bits per heavy atom. The Labute approximate surface area is 208 Å². The maximum Gasteiger partial charge on any atom is 0.352 e. The number of rotatable bonds is 8. The highest BCUT2D eigenvalue weighted by molar-refractivity contribution is 8.14. The molecule has 15 heteroatoms. The van der Waals surface area contributed by atoms with E-state index in [1.165, 1.54) is 29.5 Å². The van der Waals surface area contributed by atoms with Crippen LogP contribution in [0, 0.1) is 0 Å². The normalized spacial score (nSPS) is 21.6. The highest BCUT2D eigenvalue weighted by Crippen LogP contribution is 2.41. The van der Waals surface area contributed by atoms with Gasteiger partial charge in [0.15, 0.2) is 16.6 Å². The Morgan fingerprint density at radius 2 is 2.35 bits per heavy atom. The molecule has 1 fully saturated rings. The smallest absolute Gasteiger partial charge is 0.352 e. The Bertz CT molecular complexity index is 1310. The summed E-state index contributed by atoms with van der Waals surface area (Å²) in [5, 5.41) is 15.9. The first-order chi connectivity index (χ1) is 17.5. The third-order valence-electron chi connectivity index (χ3n) is 4.75. The average Bonchev–Trinajstić information content (AvgIpc) is 3.52. The molecule has 0 spiro atoms. The van der Waals surface area contributed by atoms with E-state index in [4.69, 9.17) is 14.3 Å². The molecule has 4 heterocycles. The van der Waals surface area contributed by atoms with Crippen molar-refractivity contribution in [2.75, 3.05) is 24.3 Å². The Kier molecular flexibility index (Phi) is 5.86. The van der Waals surface area contributed by atoms with Crippen LogP contribution in [0.15, 0.2) is 44.6 Å². The van der Waals surface area contributed by atoms with Gasteiger partial charge in [-0.1, -0.05) is 16.9 Å². The molecule has 2 aliphatic rings. The van der Waals surface area contributed by atoms with E-state index in [1.807, 2.05) is 0 Å². The first-order valence-corrected chi connectivity index (χ1v) is 12.3. The van der Waals surface area contributed by atoms with Crippen molar-refractivity contribution in [1.29, 1.82) is 0 Å². The van der Waals surface area contributed by atoms with Crippen LogP contribution in [0.25, 0.3) is 0 Å². The number of nitrogens with two attached hydrogens (primary N) is 1. The summed E-state index contributed by atoms with van der Waals surface area (Å²) >= 11 is 3.02. The fraction of sp³-hybridized carbons (Fsp3) is 0.263. The summed E-state index contributed by atoms with van der Waals surface area (Å²) in [6, 6.07) is 1.92. The van der Waals surface area contributed by atoms with Crippen LogP contribution >= 0.6 is 34.9 Å². The van der Waals surface area contributed by atoms with Gasteiger partial charge < -0.3 is 25.4 Å². The topological polar surface area (TPSA) is 177 Å². The zero-order chi connectivity index (χ0) is 26.9. The quantitative estimate of drug-likeness (QED) is 0.254. The van der Waals surface area contributed by atoms with Crippen LogP contribution in [-0.4, -0.2) is 73.6 Å². The lowest BCUT2D eigenvalue weighted by Crippen LogP contribution is -2.71. The first kappa shape index (κ1) is 20.1. The van der Waals surface area contributed by atoms with Crippen molar-refractivity contribution >= 4 is 68.6 Å². The molecule has 2 aromatic heterocycles. The van der Waals surface area contributed by atoms with Gasteiger partial charge in [0.05, 0.1) is 10.4 Å². The number of oxime groups is 1. The molecule has 34 heavy (non-hydrogen) atoms. The Hall–Kier alpha value is -3.30. The minimum absolute atomic E-state index is 0.0240. The summed E-state index contributed by atoms with van der Waals surface area (Å²) in [6.45, 7) is 0. The summed E-state index contributed by atoms with van der Waals surface area (Å²) in [5.41, 5.74) is 5.12. The fourth-order valence-corrected chi connectivity index (χ4v) is 6.09. The molecule has 0 bridgehead atoms. The number of aliphatic carboxylic acids is 1. The molecule has 4 N–H and O–H groups in total. The van der Waals surface area contributed by atoms with Gasteiger partial charge in [0, 0.05) is 16.9 Å². The van der Waals surface area contributed by atoms with Gasteiger partial charge in [0.1, 0.15) is 29.8 Å². The Balaban J connectivity index is 1.49. The average molecular weight is 527 g/mol. The van der Waals surface area contributed by atoms with E-state index in [0.29, 0.717) is 5.57 Å². The molecule has 0 unspecified atom stereocenters. The number of hydrogen-bond donors (Lipinski definition) is 3. The number of nitrogen functional groups attached to an aromatic ring is 1. The van der Waals surface area contributed by atoms with E-state index >= 15 is 0 Å². The number of β-lactam (4-membered cyclic amide) rings is 1.